The van der Waals surface area contributed by atoms with Crippen LogP contribution in [-0.4, -0.2) is 33.5 Å². The van der Waals surface area contributed by atoms with Gasteiger partial charge in [-0.2, -0.15) is 0 Å². The lowest BCUT2D eigenvalue weighted by Crippen LogP contribution is -2.24. The Bertz CT molecular complexity index is 434. The van der Waals surface area contributed by atoms with E-state index in [1.54, 1.807) is 12.4 Å². The summed E-state index contributed by atoms with van der Waals surface area (Å²) in [6, 6.07) is 0. The average Bonchev–Trinajstić information content (AvgIpc) is 2.46. The summed E-state index contributed by atoms with van der Waals surface area (Å²) in [4.78, 5) is 30.4. The molecule has 0 aliphatic rings. The molecule has 110 valence electrons. The lowest BCUT2D eigenvalue weighted by molar-refractivity contribution is -0.129. The Kier molecular flexibility index (Phi) is 7.20. The van der Waals surface area contributed by atoms with Gasteiger partial charge in [-0.05, 0) is 19.8 Å². The monoisotopic (exact) mass is 280 g/mol. The Morgan fingerprint density at radius 2 is 1.80 bits per heavy atom. The molecule has 0 spiro atoms. The van der Waals surface area contributed by atoms with Gasteiger partial charge in [0.1, 0.15) is 5.82 Å². The van der Waals surface area contributed by atoms with Crippen LogP contribution in [0.2, 0.25) is 0 Å². The van der Waals surface area contributed by atoms with Crippen molar-refractivity contribution in [1.29, 1.82) is 0 Å². The molecule has 0 bridgehead atoms. The Morgan fingerprint density at radius 1 is 1.15 bits per heavy atom. The van der Waals surface area contributed by atoms with Crippen LogP contribution in [0.5, 0.6) is 0 Å². The fourth-order valence-electron chi connectivity index (χ4n) is 1.63. The summed E-state index contributed by atoms with van der Waals surface area (Å²) < 4.78 is 0. The molecule has 7 nitrogen and oxygen atoms in total. The molecule has 7 heteroatoms. The van der Waals surface area contributed by atoms with Crippen molar-refractivity contribution in [2.75, 3.05) is 6.54 Å². The molecule has 3 N–H and O–H groups in total. The van der Waals surface area contributed by atoms with Gasteiger partial charge in [-0.15, -0.1) is 0 Å². The second-order valence-corrected chi connectivity index (χ2v) is 4.47. The highest BCUT2D eigenvalue weighted by Crippen LogP contribution is 2.02. The Labute approximate surface area is 117 Å². The minimum atomic E-state index is -0.363. The average molecular weight is 280 g/mol. The van der Waals surface area contributed by atoms with Gasteiger partial charge in [-0.1, -0.05) is 12.8 Å². The van der Waals surface area contributed by atoms with Crippen LogP contribution in [0.1, 0.15) is 48.3 Å². The normalized spacial score (nSPS) is 10.1. The smallest absolute Gasteiger partial charge is 0.254 e. The molecule has 20 heavy (non-hydrogen) atoms. The first-order valence-corrected chi connectivity index (χ1v) is 6.63. The van der Waals surface area contributed by atoms with Gasteiger partial charge in [-0.25, -0.2) is 15.4 Å². The zero-order valence-corrected chi connectivity index (χ0v) is 11.6. The van der Waals surface area contributed by atoms with Crippen LogP contribution in [-0.2, 0) is 4.79 Å². The molecule has 0 aliphatic carbocycles. The second-order valence-electron chi connectivity index (χ2n) is 4.47. The number of carbonyl (C=O) groups excluding carboxylic acids is 2. The molecule has 0 fully saturated rings. The molecule has 1 aromatic heterocycles. The van der Waals surface area contributed by atoms with Crippen LogP contribution >= 0.6 is 0 Å². The van der Waals surface area contributed by atoms with Crippen LogP contribution < -0.4 is 10.8 Å². The van der Waals surface area contributed by atoms with Gasteiger partial charge in [-0.3, -0.25) is 14.8 Å². The molecule has 0 saturated carbocycles. The van der Waals surface area contributed by atoms with Gasteiger partial charge in [0.05, 0.1) is 5.56 Å². The van der Waals surface area contributed by atoms with Crippen LogP contribution in [0.25, 0.3) is 0 Å². The lowest BCUT2D eigenvalue weighted by atomic mass is 10.1. The lowest BCUT2D eigenvalue weighted by Gasteiger charge is -2.05. The minimum absolute atomic E-state index is 0.176. The number of carbonyl (C=O) groups is 2. The number of nitrogens with one attached hydrogen (secondary N) is 2. The van der Waals surface area contributed by atoms with Crippen molar-refractivity contribution in [2.45, 2.75) is 39.0 Å². The van der Waals surface area contributed by atoms with E-state index in [1.165, 1.54) is 12.4 Å². The number of unbranched alkanes of at least 4 members (excludes halogenated alkanes) is 3. The number of rotatable bonds is 8. The highest BCUT2D eigenvalue weighted by atomic mass is 16.5. The summed E-state index contributed by atoms with van der Waals surface area (Å²) in [6.07, 6.45) is 6.71. The molecule has 0 saturated heterocycles. The zero-order chi connectivity index (χ0) is 14.8. The van der Waals surface area contributed by atoms with E-state index < -0.39 is 0 Å². The molecule has 1 aromatic rings. The maximum atomic E-state index is 11.7. The molecule has 1 rings (SSSR count). The van der Waals surface area contributed by atoms with E-state index in [2.05, 4.69) is 15.3 Å². The number of hydrogen-bond donors (Lipinski definition) is 3. The van der Waals surface area contributed by atoms with Gasteiger partial charge < -0.3 is 5.32 Å². The predicted octanol–water partition coefficient (Wildman–Crippen LogP) is 0.971. The van der Waals surface area contributed by atoms with E-state index in [0.29, 0.717) is 24.4 Å². The van der Waals surface area contributed by atoms with Gasteiger partial charge in [0.2, 0.25) is 5.91 Å². The maximum absolute atomic E-state index is 11.7. The number of aryl methyl sites for hydroxylation is 1. The van der Waals surface area contributed by atoms with E-state index in [0.717, 1.165) is 25.7 Å². The van der Waals surface area contributed by atoms with Crippen molar-refractivity contribution in [3.8, 4) is 0 Å². The predicted molar refractivity (Wildman–Crippen MR) is 72.1 cm³/mol. The molecular formula is C13H20N4O3. The van der Waals surface area contributed by atoms with Gasteiger partial charge >= 0.3 is 0 Å². The first-order chi connectivity index (χ1) is 9.63. The molecule has 0 atom stereocenters. The number of hydroxylamine groups is 1. The number of amides is 2. The summed E-state index contributed by atoms with van der Waals surface area (Å²) in [6.45, 7) is 2.34. The number of nitrogens with zero attached hydrogens (tertiary/aromatic N) is 2. The molecule has 0 aliphatic heterocycles. The van der Waals surface area contributed by atoms with Crippen molar-refractivity contribution < 1.29 is 14.8 Å². The van der Waals surface area contributed by atoms with Crippen molar-refractivity contribution in [3.05, 3.63) is 23.8 Å². The third-order valence-corrected chi connectivity index (χ3v) is 2.78. The van der Waals surface area contributed by atoms with Crippen LogP contribution in [0.4, 0.5) is 0 Å². The van der Waals surface area contributed by atoms with Crippen molar-refractivity contribution in [1.82, 2.24) is 20.8 Å². The van der Waals surface area contributed by atoms with Crippen molar-refractivity contribution >= 4 is 11.8 Å². The quantitative estimate of drug-likeness (QED) is 0.374. The summed E-state index contributed by atoms with van der Waals surface area (Å²) in [7, 11) is 0. The molecule has 0 radical (unpaired) electrons. The van der Waals surface area contributed by atoms with E-state index in [4.69, 9.17) is 5.21 Å². The molecule has 0 unspecified atom stereocenters. The third kappa shape index (κ3) is 6.24. The van der Waals surface area contributed by atoms with Gasteiger partial charge in [0, 0.05) is 25.4 Å². The summed E-state index contributed by atoms with van der Waals surface area (Å²) in [5, 5.41) is 11.1. The molecular weight excluding hydrogens is 260 g/mol. The highest BCUT2D eigenvalue weighted by Gasteiger charge is 2.05. The van der Waals surface area contributed by atoms with Gasteiger partial charge in [0.15, 0.2) is 0 Å². The molecule has 1 heterocycles. The minimum Gasteiger partial charge on any atom is -0.352 e. The summed E-state index contributed by atoms with van der Waals surface area (Å²) in [5.74, 6) is 0.0933. The number of hydrogen-bond acceptors (Lipinski definition) is 5. The number of aromatic nitrogens is 2. The SMILES string of the molecule is Cc1ncc(C(=O)NCCCCCCC(=O)NO)cn1. The zero-order valence-electron chi connectivity index (χ0n) is 11.6. The Morgan fingerprint density at radius 3 is 2.45 bits per heavy atom. The van der Waals surface area contributed by atoms with Crippen LogP contribution in [0.3, 0.4) is 0 Å². The maximum Gasteiger partial charge on any atom is 0.254 e. The Balaban J connectivity index is 2.08. The van der Waals surface area contributed by atoms with E-state index in [1.807, 2.05) is 0 Å². The van der Waals surface area contributed by atoms with E-state index >= 15 is 0 Å². The first kappa shape index (κ1) is 16.0. The molecule has 0 aromatic carbocycles. The fourth-order valence-corrected chi connectivity index (χ4v) is 1.63. The van der Waals surface area contributed by atoms with E-state index in [9.17, 15) is 9.59 Å². The standard InChI is InChI=1S/C13H20N4O3/c1-10-15-8-11(9-16-10)13(19)14-7-5-3-2-4-6-12(18)17-20/h8-9,20H,2-7H2,1H3,(H,14,19)(H,17,18). The second kappa shape index (κ2) is 8.98. The topological polar surface area (TPSA) is 104 Å². The largest absolute Gasteiger partial charge is 0.352 e. The molecule has 2 amide bonds. The van der Waals surface area contributed by atoms with Gasteiger partial charge in [0.25, 0.3) is 5.91 Å². The summed E-state index contributed by atoms with van der Waals surface area (Å²) in [5.41, 5.74) is 2.05. The third-order valence-electron chi connectivity index (χ3n) is 2.78. The van der Waals surface area contributed by atoms with E-state index in [-0.39, 0.29) is 11.8 Å². The highest BCUT2D eigenvalue weighted by molar-refractivity contribution is 5.93. The van der Waals surface area contributed by atoms with Crippen molar-refractivity contribution in [3.63, 3.8) is 0 Å². The van der Waals surface area contributed by atoms with Crippen molar-refractivity contribution in [2.24, 2.45) is 0 Å². The van der Waals surface area contributed by atoms with Crippen LogP contribution in [0.15, 0.2) is 12.4 Å². The Hall–Kier alpha value is -2.02. The summed E-state index contributed by atoms with van der Waals surface area (Å²) >= 11 is 0. The van der Waals surface area contributed by atoms with Crippen LogP contribution in [0, 0.1) is 6.92 Å². The first-order valence-electron chi connectivity index (χ1n) is 6.63. The fraction of sp³-hybridized carbons (Fsp3) is 0.538.